The Bertz CT molecular complexity index is 401. The van der Waals surface area contributed by atoms with Gasteiger partial charge in [-0.05, 0) is 43.2 Å². The Morgan fingerprint density at radius 1 is 1.59 bits per heavy atom. The number of amides is 1. The lowest BCUT2D eigenvalue weighted by Crippen LogP contribution is -2.58. The normalized spacial score (nSPS) is 16.9. The predicted octanol–water partition coefficient (Wildman–Crippen LogP) is 2.32. The first-order valence-corrected chi connectivity index (χ1v) is 6.48. The van der Waals surface area contributed by atoms with Gasteiger partial charge in [0.1, 0.15) is 0 Å². The molecule has 96 valence electrons. The molecule has 0 spiro atoms. The minimum atomic E-state index is -0.570. The molecule has 17 heavy (non-hydrogen) atoms. The van der Waals surface area contributed by atoms with Crippen molar-refractivity contribution in [2.24, 2.45) is 5.73 Å². The highest BCUT2D eigenvalue weighted by molar-refractivity contribution is 7.10. The molecule has 2 N–H and O–H groups in total. The van der Waals surface area contributed by atoms with E-state index in [2.05, 4.69) is 18.4 Å². The molecule has 0 atom stereocenters. The molecular weight excluding hydrogens is 256 g/mol. The maximum atomic E-state index is 12.1. The van der Waals surface area contributed by atoms with Crippen molar-refractivity contribution >= 4 is 29.7 Å². The van der Waals surface area contributed by atoms with Gasteiger partial charge in [0.2, 0.25) is 5.91 Å². The molecule has 1 aromatic rings. The van der Waals surface area contributed by atoms with Crippen molar-refractivity contribution in [1.29, 1.82) is 0 Å². The van der Waals surface area contributed by atoms with Crippen LogP contribution in [0, 0.1) is 6.92 Å². The van der Waals surface area contributed by atoms with Gasteiger partial charge in [0.25, 0.3) is 0 Å². The summed E-state index contributed by atoms with van der Waals surface area (Å²) in [5.41, 5.74) is 6.71. The zero-order chi connectivity index (χ0) is 11.8. The Kier molecular flexibility index (Phi) is 4.58. The molecule has 0 bridgehead atoms. The van der Waals surface area contributed by atoms with Gasteiger partial charge in [-0.2, -0.15) is 0 Å². The van der Waals surface area contributed by atoms with Crippen LogP contribution in [0.25, 0.3) is 0 Å². The number of hydrogen-bond acceptors (Lipinski definition) is 3. The van der Waals surface area contributed by atoms with Crippen LogP contribution in [0.2, 0.25) is 0 Å². The largest absolute Gasteiger partial charge is 0.339 e. The lowest BCUT2D eigenvalue weighted by Gasteiger charge is -2.39. The average molecular weight is 275 g/mol. The Hall–Kier alpha value is -0.580. The van der Waals surface area contributed by atoms with E-state index in [-0.39, 0.29) is 18.3 Å². The molecule has 1 amide bonds. The van der Waals surface area contributed by atoms with E-state index in [1.165, 1.54) is 10.4 Å². The molecule has 1 heterocycles. The topological polar surface area (TPSA) is 46.3 Å². The summed E-state index contributed by atoms with van der Waals surface area (Å²) >= 11 is 1.70. The zero-order valence-electron chi connectivity index (χ0n) is 10.2. The van der Waals surface area contributed by atoms with Gasteiger partial charge in [0.15, 0.2) is 0 Å². The van der Waals surface area contributed by atoms with Crippen LogP contribution in [0.5, 0.6) is 0 Å². The molecule has 1 fully saturated rings. The Morgan fingerprint density at radius 2 is 2.24 bits per heavy atom. The smallest absolute Gasteiger partial charge is 0.242 e. The van der Waals surface area contributed by atoms with Gasteiger partial charge >= 0.3 is 0 Å². The number of rotatable bonds is 3. The molecule has 1 saturated carbocycles. The maximum absolute atomic E-state index is 12.1. The van der Waals surface area contributed by atoms with Gasteiger partial charge in [-0.1, -0.05) is 0 Å². The predicted molar refractivity (Wildman–Crippen MR) is 73.5 cm³/mol. The highest BCUT2D eigenvalue weighted by atomic mass is 35.5. The van der Waals surface area contributed by atoms with Crippen molar-refractivity contribution in [3.63, 3.8) is 0 Å². The van der Waals surface area contributed by atoms with Crippen LogP contribution < -0.4 is 5.73 Å². The van der Waals surface area contributed by atoms with Gasteiger partial charge in [-0.3, -0.25) is 4.79 Å². The van der Waals surface area contributed by atoms with Gasteiger partial charge in [0, 0.05) is 11.9 Å². The molecule has 3 nitrogen and oxygen atoms in total. The van der Waals surface area contributed by atoms with Crippen molar-refractivity contribution in [3.05, 3.63) is 21.9 Å². The number of hydrogen-bond donors (Lipinski definition) is 1. The van der Waals surface area contributed by atoms with Crippen molar-refractivity contribution < 1.29 is 4.79 Å². The first kappa shape index (κ1) is 14.5. The molecule has 0 aliphatic heterocycles. The molecule has 0 saturated heterocycles. The first-order chi connectivity index (χ1) is 7.53. The Morgan fingerprint density at radius 3 is 2.65 bits per heavy atom. The quantitative estimate of drug-likeness (QED) is 0.919. The van der Waals surface area contributed by atoms with Gasteiger partial charge in [0.05, 0.1) is 12.1 Å². The number of thiophene rings is 1. The zero-order valence-corrected chi connectivity index (χ0v) is 11.9. The Labute approximate surface area is 112 Å². The second-order valence-corrected chi connectivity index (χ2v) is 5.70. The average Bonchev–Trinajstić information content (AvgIpc) is 2.60. The van der Waals surface area contributed by atoms with Gasteiger partial charge in [-0.15, -0.1) is 23.7 Å². The van der Waals surface area contributed by atoms with Crippen LogP contribution in [0.15, 0.2) is 11.4 Å². The maximum Gasteiger partial charge on any atom is 0.242 e. The lowest BCUT2D eigenvalue weighted by atomic mass is 9.76. The number of halogens is 1. The number of aryl methyl sites for hydroxylation is 1. The van der Waals surface area contributed by atoms with Crippen molar-refractivity contribution in [2.45, 2.75) is 38.3 Å². The van der Waals surface area contributed by atoms with Crippen LogP contribution in [0.1, 0.15) is 29.7 Å². The number of carbonyl (C=O) groups excluding carboxylic acids is 1. The summed E-state index contributed by atoms with van der Waals surface area (Å²) in [5.74, 6) is 0.0894. The van der Waals surface area contributed by atoms with Crippen LogP contribution in [0.3, 0.4) is 0 Å². The fourth-order valence-corrected chi connectivity index (χ4v) is 2.96. The summed E-state index contributed by atoms with van der Waals surface area (Å²) in [7, 11) is 1.84. The fraction of sp³-hybridized carbons (Fsp3) is 0.583. The van der Waals surface area contributed by atoms with Gasteiger partial charge < -0.3 is 10.6 Å². The molecule has 1 aromatic heterocycles. The third-order valence-corrected chi connectivity index (χ3v) is 4.38. The molecule has 1 aliphatic rings. The minimum Gasteiger partial charge on any atom is -0.339 e. The molecule has 1 aliphatic carbocycles. The summed E-state index contributed by atoms with van der Waals surface area (Å²) in [6.07, 6.45) is 2.74. The van der Waals surface area contributed by atoms with Crippen LogP contribution in [0.4, 0.5) is 0 Å². The van der Waals surface area contributed by atoms with E-state index in [0.29, 0.717) is 6.54 Å². The number of nitrogens with zero attached hydrogens (tertiary/aromatic N) is 1. The number of nitrogens with two attached hydrogens (primary N) is 1. The summed E-state index contributed by atoms with van der Waals surface area (Å²) in [4.78, 5) is 15.1. The molecule has 5 heteroatoms. The van der Waals surface area contributed by atoms with E-state index in [4.69, 9.17) is 5.73 Å². The van der Waals surface area contributed by atoms with E-state index in [0.717, 1.165) is 19.3 Å². The second kappa shape index (κ2) is 5.38. The monoisotopic (exact) mass is 274 g/mol. The van der Waals surface area contributed by atoms with E-state index in [1.807, 2.05) is 7.05 Å². The van der Waals surface area contributed by atoms with Crippen LogP contribution in [-0.4, -0.2) is 23.4 Å². The summed E-state index contributed by atoms with van der Waals surface area (Å²) in [6, 6.07) is 2.08. The van der Waals surface area contributed by atoms with Crippen molar-refractivity contribution in [2.75, 3.05) is 7.05 Å². The Balaban J connectivity index is 0.00000144. The SMILES string of the molecule is Cc1ccsc1CN(C)C(=O)C1(N)CCC1.Cl. The highest BCUT2D eigenvalue weighted by Crippen LogP contribution is 2.31. The van der Waals surface area contributed by atoms with E-state index in [9.17, 15) is 4.79 Å². The van der Waals surface area contributed by atoms with Crippen molar-refractivity contribution in [1.82, 2.24) is 4.90 Å². The molecule has 0 aromatic carbocycles. The number of likely N-dealkylation sites (N-methyl/N-ethyl adjacent to an activating group) is 1. The van der Waals surface area contributed by atoms with E-state index < -0.39 is 5.54 Å². The molecule has 0 radical (unpaired) electrons. The van der Waals surface area contributed by atoms with Crippen LogP contribution >= 0.6 is 23.7 Å². The lowest BCUT2D eigenvalue weighted by molar-refractivity contribution is -0.139. The minimum absolute atomic E-state index is 0. The van der Waals surface area contributed by atoms with Crippen LogP contribution in [-0.2, 0) is 11.3 Å². The molecular formula is C12H19ClN2OS. The number of carbonyl (C=O) groups is 1. The molecule has 2 rings (SSSR count). The van der Waals surface area contributed by atoms with Gasteiger partial charge in [-0.25, -0.2) is 0 Å². The highest BCUT2D eigenvalue weighted by Gasteiger charge is 2.41. The summed E-state index contributed by atoms with van der Waals surface area (Å²) in [6.45, 7) is 2.76. The van der Waals surface area contributed by atoms with E-state index in [1.54, 1.807) is 16.2 Å². The molecule has 0 unspecified atom stereocenters. The third kappa shape index (κ3) is 2.81. The third-order valence-electron chi connectivity index (χ3n) is 3.37. The van der Waals surface area contributed by atoms with Crippen molar-refractivity contribution in [3.8, 4) is 0 Å². The fourth-order valence-electron chi connectivity index (χ4n) is 2.00. The standard InChI is InChI=1S/C12H18N2OS.ClH/c1-9-4-7-16-10(9)8-14(2)11(15)12(13)5-3-6-12;/h4,7H,3,5-6,8,13H2,1-2H3;1H. The summed E-state index contributed by atoms with van der Waals surface area (Å²) in [5, 5.41) is 2.06. The van der Waals surface area contributed by atoms with E-state index >= 15 is 0 Å². The first-order valence-electron chi connectivity index (χ1n) is 5.60. The summed E-state index contributed by atoms with van der Waals surface area (Å²) < 4.78 is 0. The second-order valence-electron chi connectivity index (χ2n) is 4.70.